The normalized spacial score (nSPS) is 16.8. The smallest absolute Gasteiger partial charge is 0.224 e. The fourth-order valence-corrected chi connectivity index (χ4v) is 2.38. The van der Waals surface area contributed by atoms with Crippen LogP contribution in [0.3, 0.4) is 0 Å². The molecule has 1 saturated heterocycles. The molecule has 4 nitrogen and oxygen atoms in total. The van der Waals surface area contributed by atoms with Gasteiger partial charge in [-0.25, -0.2) is 9.97 Å². The van der Waals surface area contributed by atoms with E-state index in [9.17, 15) is 0 Å². The number of nitrogens with zero attached hydrogens (tertiary/aromatic N) is 2. The lowest BCUT2D eigenvalue weighted by Crippen LogP contribution is -2.28. The van der Waals surface area contributed by atoms with Crippen molar-refractivity contribution in [3.8, 4) is 0 Å². The first-order valence-corrected chi connectivity index (χ1v) is 6.95. The van der Waals surface area contributed by atoms with Crippen LogP contribution in [-0.2, 0) is 11.2 Å². The number of ether oxygens (including phenoxy) is 1. The predicted octanol–water partition coefficient (Wildman–Crippen LogP) is 2.98. The maximum absolute atomic E-state index is 5.99. The fraction of sp³-hybridized carbons (Fsp3) is 0.692. The Morgan fingerprint density at radius 2 is 2.06 bits per heavy atom. The van der Waals surface area contributed by atoms with E-state index >= 15 is 0 Å². The largest absolute Gasteiger partial charge is 0.381 e. The number of rotatable bonds is 4. The lowest BCUT2D eigenvalue weighted by Gasteiger charge is -2.24. The topological polar surface area (TPSA) is 47.0 Å². The minimum Gasteiger partial charge on any atom is -0.381 e. The van der Waals surface area contributed by atoms with Crippen molar-refractivity contribution in [3.05, 3.63) is 16.5 Å². The summed E-state index contributed by atoms with van der Waals surface area (Å²) >= 11 is 5.99. The van der Waals surface area contributed by atoms with Gasteiger partial charge in [-0.05, 0) is 37.8 Å². The quantitative estimate of drug-likeness (QED) is 0.854. The summed E-state index contributed by atoms with van der Waals surface area (Å²) in [5.41, 5.74) is 2.17. The molecule has 2 rings (SSSR count). The summed E-state index contributed by atoms with van der Waals surface area (Å²) < 4.78 is 5.35. The van der Waals surface area contributed by atoms with Gasteiger partial charge in [-0.2, -0.15) is 0 Å². The van der Waals surface area contributed by atoms with Crippen LogP contribution in [0, 0.1) is 6.92 Å². The Morgan fingerprint density at radius 3 is 2.72 bits per heavy atom. The first-order chi connectivity index (χ1) is 8.70. The van der Waals surface area contributed by atoms with E-state index in [0.717, 1.165) is 56.0 Å². The van der Waals surface area contributed by atoms with Crippen molar-refractivity contribution in [2.45, 2.75) is 45.6 Å². The Hall–Kier alpha value is -0.870. The summed E-state index contributed by atoms with van der Waals surface area (Å²) in [6.45, 7) is 5.83. The second-order valence-corrected chi connectivity index (χ2v) is 5.03. The number of nitrogens with one attached hydrogen (secondary N) is 1. The maximum atomic E-state index is 5.99. The van der Waals surface area contributed by atoms with Crippen molar-refractivity contribution >= 4 is 17.4 Å². The van der Waals surface area contributed by atoms with Crippen LogP contribution in [0.15, 0.2) is 0 Å². The van der Waals surface area contributed by atoms with Crippen LogP contribution in [-0.4, -0.2) is 29.2 Å². The molecule has 0 amide bonds. The Bertz CT molecular complexity index is 405. The first kappa shape index (κ1) is 13.6. The number of hydrogen-bond donors (Lipinski definition) is 1. The minimum absolute atomic E-state index is 0.332. The maximum Gasteiger partial charge on any atom is 0.224 e. The molecule has 2 heterocycles. The van der Waals surface area contributed by atoms with Crippen molar-refractivity contribution in [1.29, 1.82) is 0 Å². The van der Waals surface area contributed by atoms with Crippen LogP contribution in [0.25, 0.3) is 0 Å². The third-order valence-electron chi connectivity index (χ3n) is 3.27. The van der Waals surface area contributed by atoms with E-state index in [1.807, 2.05) is 0 Å². The van der Waals surface area contributed by atoms with Crippen LogP contribution >= 0.6 is 11.6 Å². The summed E-state index contributed by atoms with van der Waals surface area (Å²) in [4.78, 5) is 8.62. The highest BCUT2D eigenvalue weighted by Gasteiger charge is 2.16. The lowest BCUT2D eigenvalue weighted by atomic mass is 10.1. The zero-order valence-corrected chi connectivity index (χ0v) is 11.8. The third-order valence-corrected chi connectivity index (χ3v) is 3.44. The van der Waals surface area contributed by atoms with Gasteiger partial charge in [0.05, 0.1) is 5.69 Å². The molecule has 0 aromatic carbocycles. The van der Waals surface area contributed by atoms with Crippen molar-refractivity contribution in [2.75, 3.05) is 18.5 Å². The van der Waals surface area contributed by atoms with E-state index in [0.29, 0.717) is 11.3 Å². The first-order valence-electron chi connectivity index (χ1n) is 6.58. The molecule has 100 valence electrons. The Kier molecular flexibility index (Phi) is 4.78. The molecular weight excluding hydrogens is 250 g/mol. The van der Waals surface area contributed by atoms with Crippen molar-refractivity contribution < 1.29 is 4.74 Å². The van der Waals surface area contributed by atoms with E-state index in [1.54, 1.807) is 0 Å². The fourth-order valence-electron chi connectivity index (χ4n) is 2.19. The highest BCUT2D eigenvalue weighted by molar-refractivity contribution is 6.28. The highest BCUT2D eigenvalue weighted by atomic mass is 35.5. The zero-order valence-electron chi connectivity index (χ0n) is 11.0. The molecule has 0 atom stereocenters. The molecular formula is C13H20ClN3O. The van der Waals surface area contributed by atoms with Crippen molar-refractivity contribution in [3.63, 3.8) is 0 Å². The molecule has 1 aliphatic heterocycles. The number of aromatic nitrogens is 2. The number of hydrogen-bond acceptors (Lipinski definition) is 4. The molecule has 0 spiro atoms. The molecule has 0 aliphatic carbocycles. The van der Waals surface area contributed by atoms with Gasteiger partial charge in [0, 0.05) is 24.8 Å². The average molecular weight is 270 g/mol. The standard InChI is InChI=1S/C13H20ClN3O/c1-3-4-11-9(2)12(17-13(14)16-11)15-10-5-7-18-8-6-10/h10H,3-8H2,1-2H3,(H,15,16,17). The van der Waals surface area contributed by atoms with Gasteiger partial charge in [0.25, 0.3) is 0 Å². The molecule has 18 heavy (non-hydrogen) atoms. The average Bonchev–Trinajstić information content (AvgIpc) is 2.36. The Balaban J connectivity index is 2.15. The number of anilines is 1. The molecule has 0 radical (unpaired) electrons. The molecule has 0 saturated carbocycles. The van der Waals surface area contributed by atoms with Crippen LogP contribution in [0.2, 0.25) is 5.28 Å². The van der Waals surface area contributed by atoms with Crippen molar-refractivity contribution in [1.82, 2.24) is 9.97 Å². The molecule has 5 heteroatoms. The van der Waals surface area contributed by atoms with Gasteiger partial charge in [-0.1, -0.05) is 13.3 Å². The number of halogens is 1. The SMILES string of the molecule is CCCc1nc(Cl)nc(NC2CCOCC2)c1C. The van der Waals surface area contributed by atoms with E-state index in [4.69, 9.17) is 16.3 Å². The monoisotopic (exact) mass is 269 g/mol. The summed E-state index contributed by atoms with van der Waals surface area (Å²) in [5, 5.41) is 3.81. The molecule has 1 aromatic rings. The van der Waals surface area contributed by atoms with Gasteiger partial charge in [0.2, 0.25) is 5.28 Å². The molecule has 1 aromatic heterocycles. The minimum atomic E-state index is 0.332. The summed E-state index contributed by atoms with van der Waals surface area (Å²) in [6.07, 6.45) is 4.04. The lowest BCUT2D eigenvalue weighted by molar-refractivity contribution is 0.0903. The second kappa shape index (κ2) is 6.34. The van der Waals surface area contributed by atoms with Crippen LogP contribution < -0.4 is 5.32 Å². The summed E-state index contributed by atoms with van der Waals surface area (Å²) in [5.74, 6) is 0.880. The van der Waals surface area contributed by atoms with Gasteiger partial charge in [-0.3, -0.25) is 0 Å². The van der Waals surface area contributed by atoms with Crippen LogP contribution in [0.4, 0.5) is 5.82 Å². The van der Waals surface area contributed by atoms with Crippen LogP contribution in [0.5, 0.6) is 0 Å². The Morgan fingerprint density at radius 1 is 1.33 bits per heavy atom. The van der Waals surface area contributed by atoms with Gasteiger partial charge < -0.3 is 10.1 Å². The summed E-state index contributed by atoms with van der Waals surface area (Å²) in [6, 6.07) is 0.429. The second-order valence-electron chi connectivity index (χ2n) is 4.69. The predicted molar refractivity (Wildman–Crippen MR) is 73.2 cm³/mol. The van der Waals surface area contributed by atoms with E-state index < -0.39 is 0 Å². The van der Waals surface area contributed by atoms with E-state index in [1.165, 1.54) is 0 Å². The summed E-state index contributed by atoms with van der Waals surface area (Å²) in [7, 11) is 0. The molecule has 0 unspecified atom stereocenters. The van der Waals surface area contributed by atoms with Gasteiger partial charge in [0.1, 0.15) is 5.82 Å². The molecule has 1 aliphatic rings. The van der Waals surface area contributed by atoms with E-state index in [-0.39, 0.29) is 0 Å². The molecule has 1 fully saturated rings. The zero-order chi connectivity index (χ0) is 13.0. The van der Waals surface area contributed by atoms with Gasteiger partial charge in [-0.15, -0.1) is 0 Å². The van der Waals surface area contributed by atoms with Crippen LogP contribution in [0.1, 0.15) is 37.4 Å². The van der Waals surface area contributed by atoms with E-state index in [2.05, 4.69) is 29.1 Å². The number of aryl methyl sites for hydroxylation is 1. The highest BCUT2D eigenvalue weighted by Crippen LogP contribution is 2.21. The third kappa shape index (κ3) is 3.33. The van der Waals surface area contributed by atoms with Gasteiger partial charge >= 0.3 is 0 Å². The molecule has 1 N–H and O–H groups in total. The van der Waals surface area contributed by atoms with Crippen molar-refractivity contribution in [2.24, 2.45) is 0 Å². The Labute approximate surface area is 113 Å². The van der Waals surface area contributed by atoms with Gasteiger partial charge in [0.15, 0.2) is 0 Å². The molecule has 0 bridgehead atoms.